The molecule has 1 saturated heterocycles. The van der Waals surface area contributed by atoms with Crippen molar-refractivity contribution in [2.24, 2.45) is 5.73 Å². The van der Waals surface area contributed by atoms with Gasteiger partial charge in [-0.25, -0.2) is 14.5 Å². The van der Waals surface area contributed by atoms with Crippen LogP contribution in [0.5, 0.6) is 0 Å². The van der Waals surface area contributed by atoms with Crippen molar-refractivity contribution in [1.29, 1.82) is 0 Å². The SMILES string of the molecule is CC(N)C(=O)N(C(=O)N1CCOCC1)C(C)C(=O)O. The summed E-state index contributed by atoms with van der Waals surface area (Å²) in [5.74, 6) is -1.96. The maximum atomic E-state index is 12.2. The molecule has 8 nitrogen and oxygen atoms in total. The van der Waals surface area contributed by atoms with E-state index in [9.17, 15) is 14.4 Å². The van der Waals surface area contributed by atoms with Gasteiger partial charge in [-0.1, -0.05) is 0 Å². The van der Waals surface area contributed by atoms with E-state index < -0.39 is 30.0 Å². The Hall–Kier alpha value is -1.67. The molecule has 0 radical (unpaired) electrons. The smallest absolute Gasteiger partial charge is 0.327 e. The van der Waals surface area contributed by atoms with Gasteiger partial charge in [0.05, 0.1) is 19.3 Å². The van der Waals surface area contributed by atoms with Crippen LogP contribution in [0.25, 0.3) is 0 Å². The van der Waals surface area contributed by atoms with Crippen LogP contribution in [0.2, 0.25) is 0 Å². The first kappa shape index (κ1) is 15.4. The third-order valence-electron chi connectivity index (χ3n) is 2.86. The number of nitrogens with two attached hydrogens (primary N) is 1. The van der Waals surface area contributed by atoms with Crippen LogP contribution in [0.4, 0.5) is 4.79 Å². The Balaban J connectivity index is 2.91. The largest absolute Gasteiger partial charge is 0.480 e. The maximum absolute atomic E-state index is 12.2. The highest BCUT2D eigenvalue weighted by Crippen LogP contribution is 2.09. The van der Waals surface area contributed by atoms with Crippen molar-refractivity contribution in [2.45, 2.75) is 25.9 Å². The molecule has 2 atom stereocenters. The highest BCUT2D eigenvalue weighted by atomic mass is 16.5. The molecule has 1 rings (SSSR count). The minimum absolute atomic E-state index is 0.327. The predicted octanol–water partition coefficient (Wildman–Crippen LogP) is -0.912. The van der Waals surface area contributed by atoms with Gasteiger partial charge in [0.25, 0.3) is 0 Å². The van der Waals surface area contributed by atoms with E-state index in [1.807, 2.05) is 0 Å². The number of ether oxygens (including phenoxy) is 1. The van der Waals surface area contributed by atoms with Crippen LogP contribution in [0, 0.1) is 0 Å². The van der Waals surface area contributed by atoms with Crippen LogP contribution < -0.4 is 5.73 Å². The highest BCUT2D eigenvalue weighted by Gasteiger charge is 2.36. The second kappa shape index (κ2) is 6.48. The average molecular weight is 273 g/mol. The molecule has 3 N–H and O–H groups in total. The Morgan fingerprint density at radius 3 is 2.21 bits per heavy atom. The number of urea groups is 1. The molecule has 108 valence electrons. The molecular weight excluding hydrogens is 254 g/mol. The minimum Gasteiger partial charge on any atom is -0.480 e. The lowest BCUT2D eigenvalue weighted by Crippen LogP contribution is -2.58. The molecule has 2 unspecified atom stereocenters. The van der Waals surface area contributed by atoms with Gasteiger partial charge in [-0.05, 0) is 13.8 Å². The molecule has 19 heavy (non-hydrogen) atoms. The summed E-state index contributed by atoms with van der Waals surface area (Å²) in [6.07, 6.45) is 0. The number of nitrogens with zero attached hydrogens (tertiary/aromatic N) is 2. The van der Waals surface area contributed by atoms with E-state index in [2.05, 4.69) is 0 Å². The predicted molar refractivity (Wildman–Crippen MR) is 65.4 cm³/mol. The number of imide groups is 1. The van der Waals surface area contributed by atoms with E-state index >= 15 is 0 Å². The summed E-state index contributed by atoms with van der Waals surface area (Å²) in [5, 5.41) is 9.00. The lowest BCUT2D eigenvalue weighted by molar-refractivity contribution is -0.147. The molecular formula is C11H19N3O5. The van der Waals surface area contributed by atoms with E-state index in [0.29, 0.717) is 31.2 Å². The second-order valence-electron chi connectivity index (χ2n) is 4.39. The zero-order chi connectivity index (χ0) is 14.6. The van der Waals surface area contributed by atoms with Crippen molar-refractivity contribution >= 4 is 17.9 Å². The Bertz CT molecular complexity index is 365. The summed E-state index contributed by atoms with van der Waals surface area (Å²) in [7, 11) is 0. The monoisotopic (exact) mass is 273 g/mol. The zero-order valence-corrected chi connectivity index (χ0v) is 11.0. The standard InChI is InChI=1S/C11H19N3O5/c1-7(12)9(15)14(8(2)10(16)17)11(18)13-3-5-19-6-4-13/h7-8H,3-6,12H2,1-2H3,(H,16,17). The number of aliphatic carboxylic acids is 1. The molecule has 0 bridgehead atoms. The molecule has 1 heterocycles. The Morgan fingerprint density at radius 2 is 1.79 bits per heavy atom. The van der Waals surface area contributed by atoms with Gasteiger partial charge >= 0.3 is 12.0 Å². The van der Waals surface area contributed by atoms with Crippen molar-refractivity contribution in [2.75, 3.05) is 26.3 Å². The number of carboxylic acid groups (broad SMARTS) is 1. The first-order valence-electron chi connectivity index (χ1n) is 6.04. The molecule has 0 aromatic carbocycles. The fourth-order valence-corrected chi connectivity index (χ4v) is 1.69. The summed E-state index contributed by atoms with van der Waals surface area (Å²) in [6.45, 7) is 4.08. The van der Waals surface area contributed by atoms with Crippen LogP contribution in [-0.2, 0) is 14.3 Å². The topological polar surface area (TPSA) is 113 Å². The average Bonchev–Trinajstić information content (AvgIpc) is 2.39. The van der Waals surface area contributed by atoms with Gasteiger partial charge in [0, 0.05) is 13.1 Å². The molecule has 0 saturated carbocycles. The second-order valence-corrected chi connectivity index (χ2v) is 4.39. The Morgan fingerprint density at radius 1 is 1.26 bits per heavy atom. The number of rotatable bonds is 3. The number of carboxylic acids is 1. The molecule has 1 aliphatic rings. The van der Waals surface area contributed by atoms with Crippen molar-refractivity contribution in [1.82, 2.24) is 9.80 Å². The van der Waals surface area contributed by atoms with E-state index in [-0.39, 0.29) is 0 Å². The van der Waals surface area contributed by atoms with Gasteiger partial charge < -0.3 is 20.5 Å². The van der Waals surface area contributed by atoms with Crippen LogP contribution >= 0.6 is 0 Å². The van der Waals surface area contributed by atoms with Crippen molar-refractivity contribution in [3.8, 4) is 0 Å². The number of morpholine rings is 1. The molecule has 0 aliphatic carbocycles. The van der Waals surface area contributed by atoms with Crippen LogP contribution in [-0.4, -0.2) is 71.2 Å². The van der Waals surface area contributed by atoms with Crippen LogP contribution in [0.3, 0.4) is 0 Å². The molecule has 1 fully saturated rings. The fraction of sp³-hybridized carbons (Fsp3) is 0.727. The van der Waals surface area contributed by atoms with Gasteiger partial charge in [-0.2, -0.15) is 0 Å². The maximum Gasteiger partial charge on any atom is 0.327 e. The summed E-state index contributed by atoms with van der Waals surface area (Å²) >= 11 is 0. The van der Waals surface area contributed by atoms with E-state index in [1.165, 1.54) is 18.7 Å². The first-order valence-corrected chi connectivity index (χ1v) is 6.04. The van der Waals surface area contributed by atoms with E-state index in [4.69, 9.17) is 15.6 Å². The summed E-state index contributed by atoms with van der Waals surface area (Å²) < 4.78 is 5.11. The molecule has 3 amide bonds. The quantitative estimate of drug-likeness (QED) is 0.688. The van der Waals surface area contributed by atoms with E-state index in [1.54, 1.807) is 0 Å². The molecule has 0 spiro atoms. The minimum atomic E-state index is -1.26. The van der Waals surface area contributed by atoms with Crippen molar-refractivity contribution < 1.29 is 24.2 Å². The number of hydrogen-bond acceptors (Lipinski definition) is 5. The lowest BCUT2D eigenvalue weighted by atomic mass is 10.2. The summed E-state index contributed by atoms with van der Waals surface area (Å²) in [5.41, 5.74) is 5.46. The zero-order valence-electron chi connectivity index (χ0n) is 11.0. The van der Waals surface area contributed by atoms with Gasteiger partial charge in [0.2, 0.25) is 5.91 Å². The van der Waals surface area contributed by atoms with Crippen molar-refractivity contribution in [3.05, 3.63) is 0 Å². The van der Waals surface area contributed by atoms with Crippen LogP contribution in [0.15, 0.2) is 0 Å². The van der Waals surface area contributed by atoms with Crippen LogP contribution in [0.1, 0.15) is 13.8 Å². The third-order valence-corrected chi connectivity index (χ3v) is 2.86. The summed E-state index contributed by atoms with van der Waals surface area (Å²) in [6, 6.07) is -2.83. The fourth-order valence-electron chi connectivity index (χ4n) is 1.69. The third kappa shape index (κ3) is 3.65. The number of carbonyl (C=O) groups excluding carboxylic acids is 2. The molecule has 0 aromatic heterocycles. The highest BCUT2D eigenvalue weighted by molar-refractivity contribution is 6.00. The molecule has 8 heteroatoms. The Kier molecular flexibility index (Phi) is 5.25. The van der Waals surface area contributed by atoms with E-state index in [0.717, 1.165) is 0 Å². The van der Waals surface area contributed by atoms with Gasteiger partial charge in [-0.3, -0.25) is 4.79 Å². The van der Waals surface area contributed by atoms with Gasteiger partial charge in [0.1, 0.15) is 6.04 Å². The lowest BCUT2D eigenvalue weighted by Gasteiger charge is -2.34. The van der Waals surface area contributed by atoms with Gasteiger partial charge in [0.15, 0.2) is 0 Å². The number of carbonyl (C=O) groups is 3. The van der Waals surface area contributed by atoms with Crippen molar-refractivity contribution in [3.63, 3.8) is 0 Å². The normalized spacial score (nSPS) is 18.6. The number of hydrogen-bond donors (Lipinski definition) is 2. The van der Waals surface area contributed by atoms with Gasteiger partial charge in [-0.15, -0.1) is 0 Å². The summed E-state index contributed by atoms with van der Waals surface area (Å²) in [4.78, 5) is 37.3. The first-order chi connectivity index (χ1) is 8.86. The number of amides is 3. The molecule has 0 aromatic rings. The molecule has 1 aliphatic heterocycles. The Labute approximate surface area is 111 Å².